The largest absolute Gasteiger partial charge is 0.338 e. The predicted molar refractivity (Wildman–Crippen MR) is 74.8 cm³/mol. The number of amides is 2. The lowest BCUT2D eigenvalue weighted by Gasteiger charge is -2.21. The molecule has 0 radical (unpaired) electrons. The molecular formula is C15H22N2O. The number of rotatable bonds is 3. The summed E-state index contributed by atoms with van der Waals surface area (Å²) < 4.78 is 0. The van der Waals surface area contributed by atoms with E-state index in [4.69, 9.17) is 0 Å². The zero-order chi connectivity index (χ0) is 12.8. The van der Waals surface area contributed by atoms with Crippen molar-refractivity contribution in [3.63, 3.8) is 0 Å². The lowest BCUT2D eigenvalue weighted by Crippen LogP contribution is -2.33. The minimum atomic E-state index is -0.0915. The van der Waals surface area contributed by atoms with Gasteiger partial charge in [0.2, 0.25) is 0 Å². The number of carbonyl (C=O) groups excluding carboxylic acids is 1. The Morgan fingerprint density at radius 2 is 2.06 bits per heavy atom. The van der Waals surface area contributed by atoms with Crippen molar-refractivity contribution in [2.24, 2.45) is 5.92 Å². The molecule has 0 spiro atoms. The topological polar surface area (TPSA) is 41.1 Å². The van der Waals surface area contributed by atoms with Crippen LogP contribution in [0.5, 0.6) is 0 Å². The van der Waals surface area contributed by atoms with Crippen LogP contribution in [-0.4, -0.2) is 12.6 Å². The molecule has 1 aromatic rings. The molecule has 0 aliphatic heterocycles. The van der Waals surface area contributed by atoms with E-state index in [1.54, 1.807) is 0 Å². The highest BCUT2D eigenvalue weighted by Crippen LogP contribution is 2.22. The number of benzene rings is 1. The molecule has 0 saturated heterocycles. The van der Waals surface area contributed by atoms with Gasteiger partial charge >= 0.3 is 6.03 Å². The van der Waals surface area contributed by atoms with E-state index in [1.165, 1.54) is 32.1 Å². The van der Waals surface area contributed by atoms with Crippen LogP contribution < -0.4 is 10.6 Å². The molecule has 2 amide bonds. The summed E-state index contributed by atoms with van der Waals surface area (Å²) in [6.45, 7) is 2.82. The Bertz CT molecular complexity index is 397. The van der Waals surface area contributed by atoms with Crippen molar-refractivity contribution >= 4 is 11.7 Å². The quantitative estimate of drug-likeness (QED) is 0.839. The van der Waals surface area contributed by atoms with Crippen LogP contribution in [-0.2, 0) is 0 Å². The Morgan fingerprint density at radius 1 is 1.28 bits per heavy atom. The van der Waals surface area contributed by atoms with E-state index >= 15 is 0 Å². The molecule has 0 unspecified atom stereocenters. The van der Waals surface area contributed by atoms with Gasteiger partial charge in [0.05, 0.1) is 0 Å². The maximum absolute atomic E-state index is 11.7. The molecule has 18 heavy (non-hydrogen) atoms. The van der Waals surface area contributed by atoms with Crippen molar-refractivity contribution in [2.45, 2.75) is 39.0 Å². The molecule has 2 rings (SSSR count). The zero-order valence-corrected chi connectivity index (χ0v) is 11.0. The van der Waals surface area contributed by atoms with Gasteiger partial charge in [-0.3, -0.25) is 0 Å². The molecule has 3 heteroatoms. The second kappa shape index (κ2) is 6.43. The summed E-state index contributed by atoms with van der Waals surface area (Å²) in [5.74, 6) is 0.669. The molecule has 2 N–H and O–H groups in total. The van der Waals surface area contributed by atoms with Crippen LogP contribution in [0.25, 0.3) is 0 Å². The maximum Gasteiger partial charge on any atom is 0.319 e. The third-order valence-corrected chi connectivity index (χ3v) is 3.55. The summed E-state index contributed by atoms with van der Waals surface area (Å²) in [5, 5.41) is 5.84. The Hall–Kier alpha value is -1.51. The van der Waals surface area contributed by atoms with Gasteiger partial charge < -0.3 is 10.6 Å². The first-order valence-electron chi connectivity index (χ1n) is 6.85. The van der Waals surface area contributed by atoms with Crippen LogP contribution in [0, 0.1) is 12.8 Å². The molecule has 0 bridgehead atoms. The van der Waals surface area contributed by atoms with Gasteiger partial charge in [-0.15, -0.1) is 0 Å². The van der Waals surface area contributed by atoms with Crippen molar-refractivity contribution in [2.75, 3.05) is 11.9 Å². The first-order chi connectivity index (χ1) is 8.74. The number of anilines is 1. The number of urea groups is 1. The molecular weight excluding hydrogens is 224 g/mol. The Labute approximate surface area is 109 Å². The van der Waals surface area contributed by atoms with E-state index in [9.17, 15) is 4.79 Å². The smallest absolute Gasteiger partial charge is 0.319 e. The van der Waals surface area contributed by atoms with Crippen molar-refractivity contribution in [3.8, 4) is 0 Å². The maximum atomic E-state index is 11.7. The second-order valence-electron chi connectivity index (χ2n) is 5.21. The molecule has 0 atom stereocenters. The van der Waals surface area contributed by atoms with Crippen molar-refractivity contribution in [3.05, 3.63) is 29.8 Å². The third kappa shape index (κ3) is 4.06. The van der Waals surface area contributed by atoms with E-state index in [-0.39, 0.29) is 6.03 Å². The van der Waals surface area contributed by atoms with Gasteiger partial charge in [-0.2, -0.15) is 0 Å². The van der Waals surface area contributed by atoms with Crippen LogP contribution in [0.1, 0.15) is 37.7 Å². The SMILES string of the molecule is Cc1cccc(NC(=O)NCC2CCCCC2)c1. The van der Waals surface area contributed by atoms with Crippen LogP contribution in [0.15, 0.2) is 24.3 Å². The molecule has 0 heterocycles. The fraction of sp³-hybridized carbons (Fsp3) is 0.533. The van der Waals surface area contributed by atoms with Gasteiger partial charge in [0.15, 0.2) is 0 Å². The predicted octanol–water partition coefficient (Wildman–Crippen LogP) is 3.70. The normalized spacial score (nSPS) is 16.3. The number of aryl methyl sites for hydroxylation is 1. The van der Waals surface area contributed by atoms with Crippen LogP contribution in [0.3, 0.4) is 0 Å². The van der Waals surface area contributed by atoms with Gasteiger partial charge in [-0.05, 0) is 43.4 Å². The molecule has 3 nitrogen and oxygen atoms in total. The molecule has 0 aromatic heterocycles. The summed E-state index contributed by atoms with van der Waals surface area (Å²) in [6, 6.07) is 7.76. The van der Waals surface area contributed by atoms with Crippen molar-refractivity contribution in [1.29, 1.82) is 0 Å². The minimum absolute atomic E-state index is 0.0915. The monoisotopic (exact) mass is 246 g/mol. The van der Waals surface area contributed by atoms with E-state index in [1.807, 2.05) is 31.2 Å². The van der Waals surface area contributed by atoms with E-state index < -0.39 is 0 Å². The van der Waals surface area contributed by atoms with Gasteiger partial charge in [0, 0.05) is 12.2 Å². The molecule has 1 aromatic carbocycles. The minimum Gasteiger partial charge on any atom is -0.338 e. The fourth-order valence-corrected chi connectivity index (χ4v) is 2.53. The summed E-state index contributed by atoms with van der Waals surface area (Å²) >= 11 is 0. The summed E-state index contributed by atoms with van der Waals surface area (Å²) in [7, 11) is 0. The summed E-state index contributed by atoms with van der Waals surface area (Å²) in [6.07, 6.45) is 6.49. The van der Waals surface area contributed by atoms with Gasteiger partial charge in [-0.1, -0.05) is 31.4 Å². The van der Waals surface area contributed by atoms with Crippen LogP contribution >= 0.6 is 0 Å². The Balaban J connectivity index is 1.74. The Morgan fingerprint density at radius 3 is 2.78 bits per heavy atom. The average Bonchev–Trinajstić information content (AvgIpc) is 2.38. The van der Waals surface area contributed by atoms with Crippen molar-refractivity contribution < 1.29 is 4.79 Å². The van der Waals surface area contributed by atoms with Gasteiger partial charge in [0.25, 0.3) is 0 Å². The van der Waals surface area contributed by atoms with Gasteiger partial charge in [-0.25, -0.2) is 4.79 Å². The third-order valence-electron chi connectivity index (χ3n) is 3.55. The Kier molecular flexibility index (Phi) is 4.62. The average molecular weight is 246 g/mol. The summed E-state index contributed by atoms with van der Waals surface area (Å²) in [5.41, 5.74) is 2.01. The molecule has 1 aliphatic carbocycles. The lowest BCUT2D eigenvalue weighted by atomic mass is 9.89. The molecule has 1 saturated carbocycles. The fourth-order valence-electron chi connectivity index (χ4n) is 2.53. The first kappa shape index (κ1) is 12.9. The highest BCUT2D eigenvalue weighted by molar-refractivity contribution is 5.89. The lowest BCUT2D eigenvalue weighted by molar-refractivity contribution is 0.247. The standard InChI is InChI=1S/C15H22N2O/c1-12-6-5-9-14(10-12)17-15(18)16-11-13-7-3-2-4-8-13/h5-6,9-10,13H,2-4,7-8,11H2,1H3,(H2,16,17,18). The number of carbonyl (C=O) groups is 1. The number of nitrogens with one attached hydrogen (secondary N) is 2. The first-order valence-corrected chi connectivity index (χ1v) is 6.85. The van der Waals surface area contributed by atoms with E-state index in [2.05, 4.69) is 10.6 Å². The van der Waals surface area contributed by atoms with Crippen LogP contribution in [0.4, 0.5) is 10.5 Å². The molecule has 98 valence electrons. The molecule has 1 fully saturated rings. The summed E-state index contributed by atoms with van der Waals surface area (Å²) in [4.78, 5) is 11.7. The molecule has 1 aliphatic rings. The van der Waals surface area contributed by atoms with E-state index in [0.717, 1.165) is 17.8 Å². The van der Waals surface area contributed by atoms with Gasteiger partial charge in [0.1, 0.15) is 0 Å². The highest BCUT2D eigenvalue weighted by Gasteiger charge is 2.14. The van der Waals surface area contributed by atoms with Crippen LogP contribution in [0.2, 0.25) is 0 Å². The second-order valence-corrected chi connectivity index (χ2v) is 5.21. The highest BCUT2D eigenvalue weighted by atomic mass is 16.2. The zero-order valence-electron chi connectivity index (χ0n) is 11.0. The van der Waals surface area contributed by atoms with E-state index in [0.29, 0.717) is 5.92 Å². The number of hydrogen-bond acceptors (Lipinski definition) is 1. The van der Waals surface area contributed by atoms with Crippen molar-refractivity contribution in [1.82, 2.24) is 5.32 Å². The number of hydrogen-bond donors (Lipinski definition) is 2.